The van der Waals surface area contributed by atoms with Gasteiger partial charge in [-0.15, -0.1) is 0 Å². The Bertz CT molecular complexity index is 974. The standard InChI is InChI=1S/C26H33N5/c1-2-9-17-31(16-8-1)26-28-24-13-7-6-12-23(24)25(29-26)27-22-14-18-30(19-15-22)20-21-10-4-3-5-11-21/h3-7,10-13,22H,1-2,8-9,14-20H2,(H,27,28,29). The lowest BCUT2D eigenvalue weighted by molar-refractivity contribution is 0.211. The molecule has 0 amide bonds. The lowest BCUT2D eigenvalue weighted by atomic mass is 10.0. The van der Waals surface area contributed by atoms with E-state index in [1.165, 1.54) is 31.2 Å². The average molecular weight is 416 g/mol. The summed E-state index contributed by atoms with van der Waals surface area (Å²) in [6.07, 6.45) is 7.39. The molecule has 0 aliphatic carbocycles. The summed E-state index contributed by atoms with van der Waals surface area (Å²) in [6, 6.07) is 19.7. The zero-order chi connectivity index (χ0) is 20.9. The number of anilines is 2. The second-order valence-corrected chi connectivity index (χ2v) is 8.97. The van der Waals surface area contributed by atoms with Crippen LogP contribution in [0.5, 0.6) is 0 Å². The van der Waals surface area contributed by atoms with Crippen LogP contribution in [0.4, 0.5) is 11.8 Å². The van der Waals surface area contributed by atoms with Crippen LogP contribution in [0.15, 0.2) is 54.6 Å². The van der Waals surface area contributed by atoms with E-state index in [2.05, 4.69) is 69.7 Å². The Labute approximate surface area is 185 Å². The van der Waals surface area contributed by atoms with Gasteiger partial charge in [0, 0.05) is 44.2 Å². The van der Waals surface area contributed by atoms with Crippen molar-refractivity contribution >= 4 is 22.7 Å². The van der Waals surface area contributed by atoms with E-state index < -0.39 is 0 Å². The molecule has 2 aromatic carbocycles. The summed E-state index contributed by atoms with van der Waals surface area (Å²) < 4.78 is 0. The summed E-state index contributed by atoms with van der Waals surface area (Å²) in [5.74, 6) is 1.90. The van der Waals surface area contributed by atoms with Crippen LogP contribution < -0.4 is 10.2 Å². The van der Waals surface area contributed by atoms with E-state index in [1.54, 1.807) is 0 Å². The zero-order valence-corrected chi connectivity index (χ0v) is 18.3. The Hall–Kier alpha value is -2.66. The fourth-order valence-corrected chi connectivity index (χ4v) is 4.86. The van der Waals surface area contributed by atoms with Crippen LogP contribution in [0.3, 0.4) is 0 Å². The number of hydrogen-bond acceptors (Lipinski definition) is 5. The maximum atomic E-state index is 5.04. The summed E-state index contributed by atoms with van der Waals surface area (Å²) in [4.78, 5) is 14.9. The summed E-state index contributed by atoms with van der Waals surface area (Å²) in [6.45, 7) is 5.41. The van der Waals surface area contributed by atoms with Crippen molar-refractivity contribution in [1.29, 1.82) is 0 Å². The predicted molar refractivity (Wildman–Crippen MR) is 129 cm³/mol. The van der Waals surface area contributed by atoms with Gasteiger partial charge in [-0.3, -0.25) is 4.90 Å². The SMILES string of the molecule is c1ccc(CN2CCC(Nc3nc(N4CCCCCC4)nc4ccccc34)CC2)cc1. The number of fused-ring (bicyclic) bond motifs is 1. The molecular formula is C26H33N5. The van der Waals surface area contributed by atoms with E-state index in [9.17, 15) is 0 Å². The minimum Gasteiger partial charge on any atom is -0.367 e. The fraction of sp³-hybridized carbons (Fsp3) is 0.462. The average Bonchev–Trinajstić information content (AvgIpc) is 3.11. The Morgan fingerprint density at radius 3 is 2.26 bits per heavy atom. The van der Waals surface area contributed by atoms with Crippen molar-refractivity contribution in [3.8, 4) is 0 Å². The highest BCUT2D eigenvalue weighted by molar-refractivity contribution is 5.90. The number of rotatable bonds is 5. The van der Waals surface area contributed by atoms with Crippen LogP contribution in [0, 0.1) is 0 Å². The first-order valence-electron chi connectivity index (χ1n) is 11.9. The van der Waals surface area contributed by atoms with Crippen molar-refractivity contribution in [2.45, 2.75) is 51.1 Å². The number of para-hydroxylation sites is 1. The Morgan fingerprint density at radius 1 is 0.774 bits per heavy atom. The third-order valence-corrected chi connectivity index (χ3v) is 6.66. The first-order chi connectivity index (χ1) is 15.3. The van der Waals surface area contributed by atoms with Gasteiger partial charge in [-0.1, -0.05) is 55.3 Å². The number of hydrogen-bond donors (Lipinski definition) is 1. The van der Waals surface area contributed by atoms with E-state index in [1.807, 2.05) is 0 Å². The molecule has 5 heteroatoms. The Balaban J connectivity index is 1.29. The summed E-state index contributed by atoms with van der Waals surface area (Å²) in [5.41, 5.74) is 2.44. The Kier molecular flexibility index (Phi) is 6.30. The van der Waals surface area contributed by atoms with E-state index in [4.69, 9.17) is 9.97 Å². The van der Waals surface area contributed by atoms with E-state index in [0.29, 0.717) is 6.04 Å². The zero-order valence-electron chi connectivity index (χ0n) is 18.3. The first kappa shape index (κ1) is 20.3. The molecule has 2 aliphatic heterocycles. The summed E-state index contributed by atoms with van der Waals surface area (Å²) in [7, 11) is 0. The van der Waals surface area contributed by atoms with Gasteiger partial charge in [0.05, 0.1) is 5.52 Å². The van der Waals surface area contributed by atoms with Crippen molar-refractivity contribution < 1.29 is 0 Å². The van der Waals surface area contributed by atoms with Gasteiger partial charge in [0.1, 0.15) is 5.82 Å². The van der Waals surface area contributed by atoms with Crippen molar-refractivity contribution in [1.82, 2.24) is 14.9 Å². The molecule has 3 heterocycles. The largest absolute Gasteiger partial charge is 0.367 e. The molecule has 0 saturated carbocycles. The van der Waals surface area contributed by atoms with Crippen LogP contribution in [0.2, 0.25) is 0 Å². The molecule has 5 rings (SSSR count). The normalized spacial score (nSPS) is 18.8. The molecule has 31 heavy (non-hydrogen) atoms. The lowest BCUT2D eigenvalue weighted by Crippen LogP contribution is -2.39. The number of aromatic nitrogens is 2. The first-order valence-corrected chi connectivity index (χ1v) is 11.9. The van der Waals surface area contributed by atoms with Gasteiger partial charge in [-0.2, -0.15) is 4.98 Å². The van der Waals surface area contributed by atoms with Gasteiger partial charge >= 0.3 is 0 Å². The fourth-order valence-electron chi connectivity index (χ4n) is 4.86. The number of benzene rings is 2. The molecule has 0 spiro atoms. The lowest BCUT2D eigenvalue weighted by Gasteiger charge is -2.33. The second kappa shape index (κ2) is 9.65. The minimum absolute atomic E-state index is 0.460. The van der Waals surface area contributed by atoms with Crippen LogP contribution in [0.25, 0.3) is 10.9 Å². The molecule has 1 aromatic heterocycles. The van der Waals surface area contributed by atoms with E-state index in [-0.39, 0.29) is 0 Å². The molecule has 0 radical (unpaired) electrons. The van der Waals surface area contributed by atoms with Gasteiger partial charge in [0.15, 0.2) is 0 Å². The van der Waals surface area contributed by atoms with Gasteiger partial charge in [-0.25, -0.2) is 4.98 Å². The Morgan fingerprint density at radius 2 is 1.48 bits per heavy atom. The molecule has 0 bridgehead atoms. The molecule has 0 unspecified atom stereocenters. The van der Waals surface area contributed by atoms with Crippen molar-refractivity contribution in [2.75, 3.05) is 36.4 Å². The van der Waals surface area contributed by atoms with Gasteiger partial charge in [-0.05, 0) is 43.4 Å². The molecule has 3 aromatic rings. The van der Waals surface area contributed by atoms with Crippen LogP contribution in [0.1, 0.15) is 44.1 Å². The molecule has 5 nitrogen and oxygen atoms in total. The highest BCUT2D eigenvalue weighted by Crippen LogP contribution is 2.27. The number of likely N-dealkylation sites (tertiary alicyclic amines) is 1. The number of piperidine rings is 1. The molecule has 1 N–H and O–H groups in total. The summed E-state index contributed by atoms with van der Waals surface area (Å²) in [5, 5.41) is 4.93. The number of nitrogens with one attached hydrogen (secondary N) is 1. The molecule has 2 saturated heterocycles. The highest BCUT2D eigenvalue weighted by Gasteiger charge is 2.21. The van der Waals surface area contributed by atoms with Gasteiger partial charge < -0.3 is 10.2 Å². The van der Waals surface area contributed by atoms with Crippen LogP contribution in [-0.4, -0.2) is 47.1 Å². The number of nitrogens with zero attached hydrogens (tertiary/aromatic N) is 4. The third kappa shape index (κ3) is 4.99. The van der Waals surface area contributed by atoms with E-state index in [0.717, 1.165) is 68.2 Å². The molecule has 162 valence electrons. The maximum absolute atomic E-state index is 5.04. The van der Waals surface area contributed by atoms with Crippen LogP contribution in [-0.2, 0) is 6.54 Å². The second-order valence-electron chi connectivity index (χ2n) is 8.97. The molecule has 2 fully saturated rings. The molecule has 0 atom stereocenters. The summed E-state index contributed by atoms with van der Waals surface area (Å²) >= 11 is 0. The van der Waals surface area contributed by atoms with Gasteiger partial charge in [0.2, 0.25) is 5.95 Å². The van der Waals surface area contributed by atoms with Gasteiger partial charge in [0.25, 0.3) is 0 Å². The minimum atomic E-state index is 0.460. The predicted octanol–water partition coefficient (Wildman–Crippen LogP) is 5.09. The molecule has 2 aliphatic rings. The third-order valence-electron chi connectivity index (χ3n) is 6.66. The monoisotopic (exact) mass is 415 g/mol. The van der Waals surface area contributed by atoms with Crippen molar-refractivity contribution in [2.24, 2.45) is 0 Å². The quantitative estimate of drug-likeness (QED) is 0.629. The smallest absolute Gasteiger partial charge is 0.227 e. The maximum Gasteiger partial charge on any atom is 0.227 e. The van der Waals surface area contributed by atoms with Crippen molar-refractivity contribution in [3.05, 3.63) is 60.2 Å². The van der Waals surface area contributed by atoms with E-state index >= 15 is 0 Å². The van der Waals surface area contributed by atoms with Crippen molar-refractivity contribution in [3.63, 3.8) is 0 Å². The molecular weight excluding hydrogens is 382 g/mol. The van der Waals surface area contributed by atoms with Crippen LogP contribution >= 0.6 is 0 Å². The topological polar surface area (TPSA) is 44.3 Å². The highest BCUT2D eigenvalue weighted by atomic mass is 15.3.